The van der Waals surface area contributed by atoms with Crippen molar-refractivity contribution in [2.75, 3.05) is 18.6 Å². The molecule has 0 aliphatic rings. The fraction of sp³-hybridized carbons (Fsp3) is 0.667. The molecule has 0 aromatic heterocycles. The summed E-state index contributed by atoms with van der Waals surface area (Å²) in [4.78, 5) is 10.5. The maximum atomic E-state index is 10.5. The topological polar surface area (TPSA) is 26.3 Å². The molecule has 0 fully saturated rings. The second kappa shape index (κ2) is 5.95. The molecule has 0 spiro atoms. The van der Waals surface area contributed by atoms with Gasteiger partial charge in [0, 0.05) is 5.75 Å². The zero-order chi connectivity index (χ0) is 7.11. The summed E-state index contributed by atoms with van der Waals surface area (Å²) >= 11 is 1.60. The standard InChI is InChI=1S/C6H11O2S/c1-3-8-6(7)4-5-9-2/h4H,3,5H2,1-2H3. The van der Waals surface area contributed by atoms with E-state index < -0.39 is 0 Å². The summed E-state index contributed by atoms with van der Waals surface area (Å²) in [6, 6.07) is 0. The Hall–Kier alpha value is -0.180. The molecule has 9 heavy (non-hydrogen) atoms. The summed E-state index contributed by atoms with van der Waals surface area (Å²) in [6.45, 7) is 2.26. The third-order valence-electron chi connectivity index (χ3n) is 0.703. The number of carbonyl (C=O) groups excluding carboxylic acids is 1. The molecule has 0 saturated carbocycles. The van der Waals surface area contributed by atoms with Crippen LogP contribution in [0.25, 0.3) is 0 Å². The average Bonchev–Trinajstić information content (AvgIpc) is 1.85. The van der Waals surface area contributed by atoms with Crippen LogP contribution in [0.15, 0.2) is 0 Å². The Labute approximate surface area is 60.0 Å². The van der Waals surface area contributed by atoms with Crippen molar-refractivity contribution in [1.29, 1.82) is 0 Å². The highest BCUT2D eigenvalue weighted by molar-refractivity contribution is 7.98. The summed E-state index contributed by atoms with van der Waals surface area (Å²) < 4.78 is 4.64. The molecule has 0 aliphatic carbocycles. The van der Waals surface area contributed by atoms with Gasteiger partial charge < -0.3 is 4.74 Å². The number of hydrogen-bond acceptors (Lipinski definition) is 3. The van der Waals surface area contributed by atoms with Gasteiger partial charge in [-0.2, -0.15) is 11.8 Å². The van der Waals surface area contributed by atoms with Crippen LogP contribution in [0, 0.1) is 6.42 Å². The van der Waals surface area contributed by atoms with Crippen molar-refractivity contribution in [2.45, 2.75) is 6.92 Å². The number of carbonyl (C=O) groups is 1. The van der Waals surface area contributed by atoms with Crippen LogP contribution >= 0.6 is 11.8 Å². The minimum atomic E-state index is -0.216. The van der Waals surface area contributed by atoms with Gasteiger partial charge in [-0.1, -0.05) is 0 Å². The maximum absolute atomic E-state index is 10.5. The molecule has 0 atom stereocenters. The Bertz CT molecular complexity index is 83.1. The van der Waals surface area contributed by atoms with E-state index in [-0.39, 0.29) is 5.97 Å². The van der Waals surface area contributed by atoms with E-state index in [9.17, 15) is 4.79 Å². The highest BCUT2D eigenvalue weighted by Gasteiger charge is 1.98. The molecule has 2 nitrogen and oxygen atoms in total. The van der Waals surface area contributed by atoms with Gasteiger partial charge in [0.05, 0.1) is 13.0 Å². The second-order valence-corrected chi connectivity index (χ2v) is 2.32. The highest BCUT2D eigenvalue weighted by Crippen LogP contribution is 1.95. The molecule has 0 aliphatic heterocycles. The van der Waals surface area contributed by atoms with E-state index in [1.54, 1.807) is 18.7 Å². The van der Waals surface area contributed by atoms with Crippen LogP contribution < -0.4 is 0 Å². The van der Waals surface area contributed by atoms with Crippen LogP contribution in [-0.4, -0.2) is 24.6 Å². The third-order valence-corrected chi connectivity index (χ3v) is 1.20. The first-order valence-corrected chi connectivity index (χ1v) is 4.19. The molecular formula is C6H11O2S. The molecule has 0 rings (SSSR count). The Kier molecular flexibility index (Phi) is 5.83. The number of thioether (sulfide) groups is 1. The van der Waals surface area contributed by atoms with E-state index in [0.717, 1.165) is 5.75 Å². The minimum absolute atomic E-state index is 0.216. The normalized spacial score (nSPS) is 9.11. The largest absolute Gasteiger partial charge is 0.466 e. The molecule has 0 aromatic carbocycles. The first-order valence-electron chi connectivity index (χ1n) is 2.80. The van der Waals surface area contributed by atoms with Gasteiger partial charge in [-0.3, -0.25) is 4.79 Å². The summed E-state index contributed by atoms with van der Waals surface area (Å²) in [6.07, 6.45) is 3.48. The lowest BCUT2D eigenvalue weighted by Crippen LogP contribution is -2.05. The number of hydrogen-bond donors (Lipinski definition) is 0. The van der Waals surface area contributed by atoms with Crippen molar-refractivity contribution in [2.24, 2.45) is 0 Å². The predicted octanol–water partition coefficient (Wildman–Crippen LogP) is 1.12. The first-order chi connectivity index (χ1) is 4.31. The highest BCUT2D eigenvalue weighted by atomic mass is 32.2. The lowest BCUT2D eigenvalue weighted by molar-refractivity contribution is -0.138. The molecular weight excluding hydrogens is 136 g/mol. The van der Waals surface area contributed by atoms with Crippen LogP contribution in [0.3, 0.4) is 0 Å². The zero-order valence-corrected chi connectivity index (χ0v) is 6.53. The smallest absolute Gasteiger partial charge is 0.310 e. The molecule has 0 unspecified atom stereocenters. The lowest BCUT2D eigenvalue weighted by Gasteiger charge is -1.97. The fourth-order valence-electron chi connectivity index (χ4n) is 0.353. The van der Waals surface area contributed by atoms with Crippen molar-refractivity contribution < 1.29 is 9.53 Å². The van der Waals surface area contributed by atoms with Gasteiger partial charge >= 0.3 is 5.97 Å². The van der Waals surface area contributed by atoms with Gasteiger partial charge in [0.1, 0.15) is 0 Å². The van der Waals surface area contributed by atoms with Gasteiger partial charge in [-0.25, -0.2) is 0 Å². The molecule has 53 valence electrons. The number of esters is 1. The molecule has 0 heterocycles. The van der Waals surface area contributed by atoms with E-state index in [4.69, 9.17) is 0 Å². The molecule has 1 radical (unpaired) electrons. The Morgan fingerprint density at radius 1 is 1.78 bits per heavy atom. The van der Waals surface area contributed by atoms with Crippen molar-refractivity contribution >= 4 is 17.7 Å². The Morgan fingerprint density at radius 2 is 2.44 bits per heavy atom. The molecule has 3 heteroatoms. The predicted molar refractivity (Wildman–Crippen MR) is 39.3 cm³/mol. The molecule has 0 aromatic rings. The average molecular weight is 147 g/mol. The van der Waals surface area contributed by atoms with Crippen LogP contribution in [0.1, 0.15) is 6.92 Å². The van der Waals surface area contributed by atoms with Crippen LogP contribution in [-0.2, 0) is 9.53 Å². The SMILES string of the molecule is CCOC(=O)[CH]CSC. The van der Waals surface area contributed by atoms with Gasteiger partial charge in [0.2, 0.25) is 0 Å². The maximum Gasteiger partial charge on any atom is 0.310 e. The van der Waals surface area contributed by atoms with E-state index in [2.05, 4.69) is 4.74 Å². The van der Waals surface area contributed by atoms with E-state index in [1.807, 2.05) is 6.26 Å². The van der Waals surface area contributed by atoms with E-state index in [1.165, 1.54) is 6.42 Å². The Balaban J connectivity index is 3.06. The summed E-state index contributed by atoms with van der Waals surface area (Å²) in [5, 5.41) is 0. The van der Waals surface area contributed by atoms with Crippen LogP contribution in [0.2, 0.25) is 0 Å². The Morgan fingerprint density at radius 3 is 2.89 bits per heavy atom. The molecule has 0 N–H and O–H groups in total. The van der Waals surface area contributed by atoms with Crippen LogP contribution in [0.4, 0.5) is 0 Å². The van der Waals surface area contributed by atoms with E-state index >= 15 is 0 Å². The third kappa shape index (κ3) is 5.69. The molecule has 0 bridgehead atoms. The monoisotopic (exact) mass is 147 g/mol. The quantitative estimate of drug-likeness (QED) is 0.557. The second-order valence-electron chi connectivity index (χ2n) is 1.41. The fourth-order valence-corrected chi connectivity index (χ4v) is 0.655. The van der Waals surface area contributed by atoms with Crippen LogP contribution in [0.5, 0.6) is 0 Å². The lowest BCUT2D eigenvalue weighted by atomic mass is 10.5. The van der Waals surface area contributed by atoms with Crippen molar-refractivity contribution in [3.8, 4) is 0 Å². The summed E-state index contributed by atoms with van der Waals surface area (Å²) in [7, 11) is 0. The summed E-state index contributed by atoms with van der Waals surface area (Å²) in [5.41, 5.74) is 0. The first kappa shape index (κ1) is 8.82. The van der Waals surface area contributed by atoms with Gasteiger partial charge in [-0.05, 0) is 13.2 Å². The van der Waals surface area contributed by atoms with Crippen molar-refractivity contribution in [1.82, 2.24) is 0 Å². The number of ether oxygens (including phenoxy) is 1. The van der Waals surface area contributed by atoms with Gasteiger partial charge in [0.25, 0.3) is 0 Å². The number of rotatable bonds is 4. The van der Waals surface area contributed by atoms with E-state index in [0.29, 0.717) is 6.61 Å². The summed E-state index contributed by atoms with van der Waals surface area (Å²) in [5.74, 6) is 0.519. The molecule has 0 saturated heterocycles. The van der Waals surface area contributed by atoms with Crippen molar-refractivity contribution in [3.05, 3.63) is 6.42 Å². The zero-order valence-electron chi connectivity index (χ0n) is 5.72. The minimum Gasteiger partial charge on any atom is -0.466 e. The molecule has 0 amide bonds. The van der Waals surface area contributed by atoms with Crippen molar-refractivity contribution in [3.63, 3.8) is 0 Å². The van der Waals surface area contributed by atoms with Gasteiger partial charge in [0.15, 0.2) is 0 Å². The van der Waals surface area contributed by atoms with Gasteiger partial charge in [-0.15, -0.1) is 0 Å².